The first-order valence-electron chi connectivity index (χ1n) is 10.6. The van der Waals surface area contributed by atoms with E-state index in [0.29, 0.717) is 17.0 Å². The molecule has 7 heteroatoms. The van der Waals surface area contributed by atoms with Crippen molar-refractivity contribution < 1.29 is 9.18 Å². The third kappa shape index (κ3) is 5.29. The van der Waals surface area contributed by atoms with Gasteiger partial charge in [0.25, 0.3) is 5.91 Å². The molecule has 2 fully saturated rings. The molecule has 4 nitrogen and oxygen atoms in total. The first-order valence-corrected chi connectivity index (χ1v) is 11.8. The van der Waals surface area contributed by atoms with Crippen molar-refractivity contribution in [1.82, 2.24) is 10.4 Å². The zero-order chi connectivity index (χ0) is 20.9. The van der Waals surface area contributed by atoms with Gasteiger partial charge in [-0.25, -0.2) is 9.40 Å². The number of halogens is 2. The second-order valence-electron chi connectivity index (χ2n) is 7.92. The van der Waals surface area contributed by atoms with Crippen LogP contribution in [0.1, 0.15) is 48.9 Å². The fraction of sp³-hybridized carbons (Fsp3) is 0.435. The average Bonchev–Trinajstić information content (AvgIpc) is 3.27. The lowest BCUT2D eigenvalue weighted by atomic mass is 9.93. The molecule has 30 heavy (non-hydrogen) atoms. The molecule has 2 aromatic rings. The van der Waals surface area contributed by atoms with E-state index in [1.54, 1.807) is 0 Å². The highest BCUT2D eigenvalue weighted by atomic mass is 35.5. The lowest BCUT2D eigenvalue weighted by Crippen LogP contribution is -2.40. The Morgan fingerprint density at radius 2 is 1.67 bits per heavy atom. The number of nitrogens with one attached hydrogen (secondary N) is 1. The number of carbonyl (C=O) groups is 1. The molecule has 0 aromatic heterocycles. The maximum atomic E-state index is 14.8. The van der Waals surface area contributed by atoms with Crippen LogP contribution in [0.2, 0.25) is 5.02 Å². The van der Waals surface area contributed by atoms with Gasteiger partial charge in [0.1, 0.15) is 6.17 Å². The molecule has 1 N–H and O–H groups in total. The molecule has 2 atom stereocenters. The van der Waals surface area contributed by atoms with Crippen LogP contribution in [-0.4, -0.2) is 36.2 Å². The Morgan fingerprint density at radius 3 is 2.33 bits per heavy atom. The van der Waals surface area contributed by atoms with Gasteiger partial charge in [0.2, 0.25) is 0 Å². The topological polar surface area (TPSA) is 35.6 Å². The summed E-state index contributed by atoms with van der Waals surface area (Å²) in [7, 11) is 0. The van der Waals surface area contributed by atoms with Crippen LogP contribution in [0.15, 0.2) is 53.4 Å². The van der Waals surface area contributed by atoms with E-state index < -0.39 is 6.17 Å². The minimum Gasteiger partial charge on any atom is -0.306 e. The van der Waals surface area contributed by atoms with Gasteiger partial charge in [-0.05, 0) is 86.2 Å². The smallest absolute Gasteiger partial charge is 0.265 e. The number of nitrogens with zero attached hydrogens (tertiary/aromatic N) is 2. The molecule has 1 aliphatic heterocycles. The van der Waals surface area contributed by atoms with E-state index in [2.05, 4.69) is 9.73 Å². The highest BCUT2D eigenvalue weighted by Crippen LogP contribution is 2.37. The van der Waals surface area contributed by atoms with E-state index in [0.717, 1.165) is 55.8 Å². The molecule has 1 aliphatic carbocycles. The van der Waals surface area contributed by atoms with Gasteiger partial charge in [-0.3, -0.25) is 10.2 Å². The molecular formula is C23H27ClFN3OS. The van der Waals surface area contributed by atoms with E-state index in [1.807, 2.05) is 53.5 Å². The molecule has 2 aromatic carbocycles. The first-order chi connectivity index (χ1) is 14.6. The quantitative estimate of drug-likeness (QED) is 0.561. The van der Waals surface area contributed by atoms with Crippen LogP contribution in [0, 0.1) is 0 Å². The van der Waals surface area contributed by atoms with Gasteiger partial charge >= 0.3 is 0 Å². The van der Waals surface area contributed by atoms with Crippen molar-refractivity contribution in [2.24, 2.45) is 0 Å². The summed E-state index contributed by atoms with van der Waals surface area (Å²) in [6, 6.07) is 14.9. The van der Waals surface area contributed by atoms with Crippen molar-refractivity contribution in [2.75, 3.05) is 17.4 Å². The number of hydrogen-bond donors (Lipinski definition) is 1. The van der Waals surface area contributed by atoms with Crippen LogP contribution in [0.4, 0.5) is 10.1 Å². The Hall–Kier alpha value is -1.76. The fourth-order valence-corrected chi connectivity index (χ4v) is 5.26. The van der Waals surface area contributed by atoms with Crippen LogP contribution in [0.3, 0.4) is 0 Å². The fourth-order valence-electron chi connectivity index (χ4n) is 4.05. The Kier molecular flexibility index (Phi) is 7.18. The molecule has 0 spiro atoms. The Bertz CT molecular complexity index is 843. The minimum absolute atomic E-state index is 0.0959. The third-order valence-electron chi connectivity index (χ3n) is 5.72. The summed E-state index contributed by atoms with van der Waals surface area (Å²) in [5.74, 6) is -0.0959. The molecule has 0 bridgehead atoms. The molecule has 1 amide bonds. The van der Waals surface area contributed by atoms with Crippen molar-refractivity contribution in [2.45, 2.75) is 55.6 Å². The first kappa shape index (κ1) is 21.5. The predicted octanol–water partition coefficient (Wildman–Crippen LogP) is 5.88. The summed E-state index contributed by atoms with van der Waals surface area (Å²) in [6.45, 7) is 1.80. The number of amides is 1. The summed E-state index contributed by atoms with van der Waals surface area (Å²) in [5.41, 5.74) is 4.48. The van der Waals surface area contributed by atoms with Gasteiger partial charge in [-0.2, -0.15) is 0 Å². The van der Waals surface area contributed by atoms with Crippen molar-refractivity contribution >= 4 is 35.1 Å². The summed E-state index contributed by atoms with van der Waals surface area (Å²) in [5, 5.41) is 2.65. The second-order valence-corrected chi connectivity index (χ2v) is 9.40. The zero-order valence-corrected chi connectivity index (χ0v) is 18.5. The lowest BCUT2D eigenvalue weighted by molar-refractivity contribution is 0.0826. The molecular weight excluding hydrogens is 421 g/mol. The van der Waals surface area contributed by atoms with Gasteiger partial charge in [0.15, 0.2) is 0 Å². The Balaban J connectivity index is 1.53. The molecule has 160 valence electrons. The van der Waals surface area contributed by atoms with E-state index in [4.69, 9.17) is 11.6 Å². The molecule has 1 saturated heterocycles. The number of anilines is 1. The van der Waals surface area contributed by atoms with Gasteiger partial charge in [-0.15, -0.1) is 0 Å². The molecule has 2 unspecified atom stereocenters. The van der Waals surface area contributed by atoms with Crippen molar-refractivity contribution in [3.8, 4) is 0 Å². The number of carbonyl (C=O) groups excluding carboxylic acids is 1. The maximum Gasteiger partial charge on any atom is 0.265 e. The summed E-state index contributed by atoms with van der Waals surface area (Å²) >= 11 is 7.55. The van der Waals surface area contributed by atoms with Gasteiger partial charge in [-0.1, -0.05) is 24.4 Å². The van der Waals surface area contributed by atoms with Crippen molar-refractivity contribution in [3.05, 3.63) is 59.1 Å². The molecule has 4 rings (SSSR count). The number of benzene rings is 2. The largest absolute Gasteiger partial charge is 0.306 e. The van der Waals surface area contributed by atoms with Crippen molar-refractivity contribution in [1.29, 1.82) is 0 Å². The highest BCUT2D eigenvalue weighted by Gasteiger charge is 2.31. The number of hydrazine groups is 1. The highest BCUT2D eigenvalue weighted by molar-refractivity contribution is 8.00. The summed E-state index contributed by atoms with van der Waals surface area (Å²) < 4.78 is 16.9. The minimum atomic E-state index is -0.864. The Morgan fingerprint density at radius 1 is 1.00 bits per heavy atom. The van der Waals surface area contributed by atoms with Crippen LogP contribution < -0.4 is 9.73 Å². The predicted molar refractivity (Wildman–Crippen MR) is 122 cm³/mol. The normalized spacial score (nSPS) is 22.1. The molecule has 0 radical (unpaired) electrons. The number of rotatable bonds is 6. The van der Waals surface area contributed by atoms with Crippen LogP contribution in [0.5, 0.6) is 0 Å². The van der Waals surface area contributed by atoms with Gasteiger partial charge in [0.05, 0.1) is 6.04 Å². The van der Waals surface area contributed by atoms with Crippen molar-refractivity contribution in [3.63, 3.8) is 0 Å². The van der Waals surface area contributed by atoms with Crippen LogP contribution >= 0.6 is 23.5 Å². The lowest BCUT2D eigenvalue weighted by Gasteiger charge is -2.37. The van der Waals surface area contributed by atoms with E-state index in [9.17, 15) is 9.18 Å². The summed E-state index contributed by atoms with van der Waals surface area (Å²) in [4.78, 5) is 13.5. The second kappa shape index (κ2) is 10.0. The van der Waals surface area contributed by atoms with Gasteiger partial charge in [0, 0.05) is 34.3 Å². The van der Waals surface area contributed by atoms with Crippen LogP contribution in [0.25, 0.3) is 0 Å². The zero-order valence-electron chi connectivity index (χ0n) is 16.9. The standard InChI is InChI=1S/C23H27ClFN3OS/c24-18-9-13-20(14-10-18)30-28(22-6-2-1-5-21(22)25)19-11-7-17(8-12-19)23(29)26-27-15-3-4-16-27/h7-14,21-22H,1-6,15-16H2,(H,26,29). The number of alkyl halides is 1. The monoisotopic (exact) mass is 447 g/mol. The maximum absolute atomic E-state index is 14.8. The van der Waals surface area contributed by atoms with E-state index >= 15 is 0 Å². The number of hydrogen-bond acceptors (Lipinski definition) is 4. The van der Waals surface area contributed by atoms with E-state index in [-0.39, 0.29) is 11.9 Å². The van der Waals surface area contributed by atoms with Gasteiger partial charge < -0.3 is 4.31 Å². The SMILES string of the molecule is O=C(NN1CCCC1)c1ccc(N(Sc2ccc(Cl)cc2)C2CCCCC2F)cc1. The molecule has 1 saturated carbocycles. The van der Waals surface area contributed by atoms with E-state index in [1.165, 1.54) is 11.9 Å². The average molecular weight is 448 g/mol. The molecule has 1 heterocycles. The third-order valence-corrected chi connectivity index (χ3v) is 7.13. The van der Waals surface area contributed by atoms with Crippen LogP contribution in [-0.2, 0) is 0 Å². The summed E-state index contributed by atoms with van der Waals surface area (Å²) in [6.07, 6.45) is 4.74. The molecule has 2 aliphatic rings. The Labute approximate surface area is 186 Å².